The number of carbonyl (C=O) groups excluding carboxylic acids is 2. The molecule has 2 aromatic rings. The van der Waals surface area contributed by atoms with Gasteiger partial charge in [0.2, 0.25) is 20.0 Å². The summed E-state index contributed by atoms with van der Waals surface area (Å²) in [4.78, 5) is 26.5. The molecule has 2 amide bonds. The molecular formula is C45H70BrK3N4O10S2. The number of nitrogens with zero attached hydrogens (tertiary/aromatic N) is 2. The normalized spacial score (nSPS) is 28.5. The first-order valence-electron chi connectivity index (χ1n) is 21.3. The standard InChI is InChI=1S/C22H32N2O5S.C21H29BrN2O4S.CH3O.CH4.3K.2H/c1-21(2)16-7-8-22(3,14-16)20(21)23-19(25)15-5-6-17(28-4)18(13-15)30(26,27)24-9-11-29-12-10-24;1-20(2)15-6-7-21(3,13-15)19(20)23-18(25)14-4-5-16(22)17(12-14)29(26,27)24-8-10-28-11-9-24;1-2;;;;;;/h5-6,13,16,20H,7-12,14H2,1-4H3,(H,23,25);4-5,12,15,19H,6-11,13H2,1-3H3,(H,23,25);1H3;1H4;;;;;/q;;-1;;3*+1;2*-1/t16-,20?,22+;15-,19?,21+;;;;;;;/m11......./s1. The van der Waals surface area contributed by atoms with Gasteiger partial charge in [0.05, 0.1) is 38.4 Å². The monoisotopic (exact) mass is 1090 g/mol. The zero-order valence-electron chi connectivity index (χ0n) is 41.8. The number of methoxy groups -OCH3 is 1. The van der Waals surface area contributed by atoms with Crippen molar-refractivity contribution >= 4 is 47.8 Å². The number of rotatable bonds is 9. The van der Waals surface area contributed by atoms with E-state index in [-0.39, 0.29) is 239 Å². The third kappa shape index (κ3) is 13.2. The Kier molecular flexibility index (Phi) is 24.8. The van der Waals surface area contributed by atoms with Crippen molar-refractivity contribution in [2.45, 2.75) is 109 Å². The van der Waals surface area contributed by atoms with Crippen molar-refractivity contribution < 1.29 is 203 Å². The van der Waals surface area contributed by atoms with Crippen LogP contribution in [0, 0.1) is 33.5 Å². The largest absolute Gasteiger partial charge is 1.00 e. The second-order valence-corrected chi connectivity index (χ2v) is 23.9. The van der Waals surface area contributed by atoms with Crippen LogP contribution in [-0.4, -0.2) is 116 Å². The number of carbonyl (C=O) groups is 2. The molecular weight excluding hydrogens is 1020 g/mol. The molecule has 2 N–H and O–H groups in total. The minimum Gasteiger partial charge on any atom is -1.00 e. The molecule has 2 unspecified atom stereocenters. The summed E-state index contributed by atoms with van der Waals surface area (Å²) in [5, 5.41) is 14.7. The van der Waals surface area contributed by atoms with Gasteiger partial charge in [0.25, 0.3) is 11.8 Å². The van der Waals surface area contributed by atoms with E-state index in [0.717, 1.165) is 32.8 Å². The number of benzene rings is 2. The second-order valence-electron chi connectivity index (χ2n) is 19.2. The van der Waals surface area contributed by atoms with E-state index in [4.69, 9.17) is 19.3 Å². The molecule has 2 saturated heterocycles. The molecule has 352 valence electrons. The van der Waals surface area contributed by atoms with Gasteiger partial charge in [-0.05, 0) is 124 Å². The van der Waals surface area contributed by atoms with Crippen molar-refractivity contribution in [1.29, 1.82) is 0 Å². The average molecular weight is 1090 g/mol. The predicted molar refractivity (Wildman–Crippen MR) is 242 cm³/mol. The van der Waals surface area contributed by atoms with Crippen molar-refractivity contribution in [2.24, 2.45) is 33.5 Å². The van der Waals surface area contributed by atoms with E-state index in [1.807, 2.05) is 0 Å². The fourth-order valence-corrected chi connectivity index (χ4v) is 15.4. The number of halogens is 1. The number of amides is 2. The van der Waals surface area contributed by atoms with Crippen molar-refractivity contribution in [3.05, 3.63) is 52.0 Å². The van der Waals surface area contributed by atoms with Gasteiger partial charge in [0, 0.05) is 53.9 Å². The zero-order chi connectivity index (χ0) is 44.8. The van der Waals surface area contributed by atoms with E-state index in [1.54, 1.807) is 24.3 Å². The molecule has 20 heteroatoms. The molecule has 2 heterocycles. The Morgan fingerprint density at radius 1 is 0.692 bits per heavy atom. The fraction of sp³-hybridized carbons (Fsp3) is 0.689. The smallest absolute Gasteiger partial charge is 1.00 e. The minimum atomic E-state index is -3.78. The van der Waals surface area contributed by atoms with Crippen LogP contribution in [0.15, 0.2) is 50.7 Å². The third-order valence-electron chi connectivity index (χ3n) is 14.9. The van der Waals surface area contributed by atoms with Crippen molar-refractivity contribution in [3.8, 4) is 5.75 Å². The molecule has 0 spiro atoms. The van der Waals surface area contributed by atoms with Crippen LogP contribution in [0.5, 0.6) is 5.75 Å². The Labute approximate surface area is 528 Å². The number of hydrogen-bond donors (Lipinski definition) is 2. The number of fused-ring (bicyclic) bond motifs is 4. The molecule has 6 aliphatic rings. The maximum Gasteiger partial charge on any atom is 1.00 e. The van der Waals surface area contributed by atoms with E-state index in [9.17, 15) is 26.4 Å². The van der Waals surface area contributed by atoms with Crippen LogP contribution in [0.1, 0.15) is 111 Å². The van der Waals surface area contributed by atoms with Gasteiger partial charge in [-0.25, -0.2) is 16.8 Å². The Morgan fingerprint density at radius 3 is 1.43 bits per heavy atom. The van der Waals surface area contributed by atoms with Crippen molar-refractivity contribution in [2.75, 3.05) is 66.8 Å². The van der Waals surface area contributed by atoms with Crippen LogP contribution in [0.3, 0.4) is 0 Å². The van der Waals surface area contributed by atoms with E-state index >= 15 is 0 Å². The maximum absolute atomic E-state index is 13.2. The minimum absolute atomic E-state index is 0. The zero-order valence-corrected chi connectivity index (χ0v) is 52.4. The molecule has 6 fully saturated rings. The number of hydrogen-bond acceptors (Lipinski definition) is 10. The molecule has 14 nitrogen and oxygen atoms in total. The van der Waals surface area contributed by atoms with Gasteiger partial charge in [0.15, 0.2) is 0 Å². The summed E-state index contributed by atoms with van der Waals surface area (Å²) < 4.78 is 71.7. The molecule has 4 aliphatic carbocycles. The van der Waals surface area contributed by atoms with E-state index < -0.39 is 20.0 Å². The molecule has 4 saturated carbocycles. The first-order chi connectivity index (χ1) is 28.6. The van der Waals surface area contributed by atoms with Gasteiger partial charge in [0.1, 0.15) is 10.6 Å². The fourth-order valence-electron chi connectivity index (χ4n) is 11.5. The summed E-state index contributed by atoms with van der Waals surface area (Å²) in [6, 6.07) is 9.62. The van der Waals surface area contributed by atoms with Gasteiger partial charge in [-0.15, -0.1) is 0 Å². The number of ether oxygens (including phenoxy) is 3. The topological polar surface area (TPSA) is 184 Å². The molecule has 0 aromatic heterocycles. The van der Waals surface area contributed by atoms with Gasteiger partial charge in [-0.3, -0.25) is 9.59 Å². The summed E-state index contributed by atoms with van der Waals surface area (Å²) in [6.07, 6.45) is 6.94. The molecule has 6 atom stereocenters. The van der Waals surface area contributed by atoms with Crippen LogP contribution in [0.2, 0.25) is 0 Å². The first kappa shape index (κ1) is 63.4. The summed E-state index contributed by atoms with van der Waals surface area (Å²) >= 11 is 3.35. The van der Waals surface area contributed by atoms with Gasteiger partial charge in [-0.2, -0.15) is 15.7 Å². The average Bonchev–Trinajstić information content (AvgIpc) is 3.95. The maximum atomic E-state index is 13.2. The summed E-state index contributed by atoms with van der Waals surface area (Å²) in [6.45, 7) is 16.2. The Balaban J connectivity index is 0.00000115. The third-order valence-corrected chi connectivity index (χ3v) is 19.7. The number of morpholine rings is 2. The molecule has 65 heavy (non-hydrogen) atoms. The van der Waals surface area contributed by atoms with E-state index in [1.165, 1.54) is 40.7 Å². The van der Waals surface area contributed by atoms with E-state index in [0.29, 0.717) is 67.0 Å². The Bertz CT molecular complexity index is 2200. The summed E-state index contributed by atoms with van der Waals surface area (Å²) in [5.41, 5.74) is 0.992. The number of sulfonamides is 2. The van der Waals surface area contributed by atoms with Gasteiger partial charge >= 0.3 is 154 Å². The Morgan fingerprint density at radius 2 is 1.06 bits per heavy atom. The van der Waals surface area contributed by atoms with Crippen LogP contribution in [0.4, 0.5) is 0 Å². The predicted octanol–water partition coefficient (Wildman–Crippen LogP) is -3.08. The van der Waals surface area contributed by atoms with Crippen molar-refractivity contribution in [1.82, 2.24) is 19.2 Å². The summed E-state index contributed by atoms with van der Waals surface area (Å²) in [7, 11) is -5.29. The van der Waals surface area contributed by atoms with Gasteiger partial charge < -0.3 is 32.8 Å². The summed E-state index contributed by atoms with van der Waals surface area (Å²) in [5.74, 6) is 1.04. The van der Waals surface area contributed by atoms with Gasteiger partial charge in [-0.1, -0.05) is 49.0 Å². The van der Waals surface area contributed by atoms with E-state index in [2.05, 4.69) is 68.1 Å². The van der Waals surface area contributed by atoms with Crippen LogP contribution < -0.4 is 175 Å². The van der Waals surface area contributed by atoms with Crippen LogP contribution >= 0.6 is 15.9 Å². The van der Waals surface area contributed by atoms with Crippen molar-refractivity contribution in [3.63, 3.8) is 0 Å². The Hall–Kier alpha value is 2.27. The quantitative estimate of drug-likeness (QED) is 0.245. The molecule has 8 rings (SSSR count). The number of nitrogens with one attached hydrogen (secondary N) is 2. The molecule has 4 bridgehead atoms. The SMILES string of the molecule is C.CC1(C)C(NC(=O)c2ccc(Br)c(S(=O)(=O)N3CCOCC3)c2)[C@@]2(C)CC[C@@H]1C2.COc1ccc(C(=O)NC2C(C)(C)[C@@H]3CC[C@@]2(C)C3)cc1S(=O)(=O)N1CCOCC1.C[O-].[H-].[H-].[K+].[K+].[K+]. The first-order valence-corrected chi connectivity index (χ1v) is 25.0. The second kappa shape index (κ2) is 25.5. The van der Waals surface area contributed by atoms with Crippen LogP contribution in [-0.2, 0) is 29.5 Å². The molecule has 0 radical (unpaired) electrons. The van der Waals surface area contributed by atoms with Crippen LogP contribution in [0.25, 0.3) is 0 Å². The molecule has 2 aliphatic heterocycles. The molecule has 2 aromatic carbocycles.